The Kier molecular flexibility index (Phi) is 7.28. The van der Waals surface area contributed by atoms with E-state index in [4.69, 9.17) is 4.42 Å². The number of rotatable bonds is 7. The van der Waals surface area contributed by atoms with Crippen molar-refractivity contribution in [1.29, 1.82) is 0 Å². The van der Waals surface area contributed by atoms with Gasteiger partial charge < -0.3 is 25.3 Å². The lowest BCUT2D eigenvalue weighted by atomic mass is 10.1. The molecule has 3 aromatic rings. The minimum absolute atomic E-state index is 0.0845. The Balaban J connectivity index is 1.50. The van der Waals surface area contributed by atoms with Gasteiger partial charge in [0.15, 0.2) is 5.76 Å². The molecule has 0 atom stereocenters. The zero-order valence-electron chi connectivity index (χ0n) is 18.3. The number of hydrogen-bond acceptors (Lipinski definition) is 4. The number of anilines is 2. The van der Waals surface area contributed by atoms with E-state index >= 15 is 0 Å². The molecule has 0 aliphatic heterocycles. The van der Waals surface area contributed by atoms with Crippen LogP contribution in [0.25, 0.3) is 0 Å². The first-order valence-electron chi connectivity index (χ1n) is 10.1. The van der Waals surface area contributed by atoms with E-state index in [-0.39, 0.29) is 36.7 Å². The fraction of sp³-hybridized carbons (Fsp3) is 0.208. The summed E-state index contributed by atoms with van der Waals surface area (Å²) in [6.07, 6.45) is 1.43. The van der Waals surface area contributed by atoms with Crippen molar-refractivity contribution in [3.63, 3.8) is 0 Å². The molecule has 0 saturated heterocycles. The monoisotopic (exact) mass is 434 g/mol. The van der Waals surface area contributed by atoms with Crippen LogP contribution in [0.1, 0.15) is 27.2 Å². The molecule has 2 aromatic carbocycles. The van der Waals surface area contributed by atoms with Crippen molar-refractivity contribution in [3.8, 4) is 0 Å². The minimum atomic E-state index is -0.383. The Labute approximate surface area is 186 Å². The number of furan rings is 1. The number of nitrogens with zero attached hydrogens (tertiary/aromatic N) is 1. The summed E-state index contributed by atoms with van der Waals surface area (Å²) >= 11 is 0. The van der Waals surface area contributed by atoms with Gasteiger partial charge in [0, 0.05) is 25.0 Å². The highest BCUT2D eigenvalue weighted by molar-refractivity contribution is 6.02. The van der Waals surface area contributed by atoms with E-state index in [1.165, 1.54) is 11.2 Å². The van der Waals surface area contributed by atoms with Gasteiger partial charge in [0.1, 0.15) is 6.54 Å². The maximum Gasteiger partial charge on any atom is 0.317 e. The Morgan fingerprint density at radius 1 is 0.938 bits per heavy atom. The van der Waals surface area contributed by atoms with E-state index in [0.717, 1.165) is 22.4 Å². The summed E-state index contributed by atoms with van der Waals surface area (Å²) in [5.41, 5.74) is 4.07. The average molecular weight is 434 g/mol. The van der Waals surface area contributed by atoms with Gasteiger partial charge in [-0.2, -0.15) is 0 Å². The average Bonchev–Trinajstić information content (AvgIpc) is 3.30. The molecule has 3 rings (SSSR count). The fourth-order valence-electron chi connectivity index (χ4n) is 3.15. The van der Waals surface area contributed by atoms with Crippen molar-refractivity contribution in [2.45, 2.75) is 20.4 Å². The number of amides is 4. The Bertz CT molecular complexity index is 1090. The second-order valence-electron chi connectivity index (χ2n) is 7.46. The normalized spacial score (nSPS) is 10.3. The second kappa shape index (κ2) is 10.3. The molecule has 0 spiro atoms. The van der Waals surface area contributed by atoms with Crippen LogP contribution in [0.3, 0.4) is 0 Å². The first kappa shape index (κ1) is 22.6. The number of benzene rings is 2. The number of carbonyl (C=O) groups excluding carboxylic acids is 3. The summed E-state index contributed by atoms with van der Waals surface area (Å²) in [5, 5.41) is 8.39. The number of carbonyl (C=O) groups is 3. The maximum atomic E-state index is 12.4. The summed E-state index contributed by atoms with van der Waals surface area (Å²) in [6.45, 7) is 4.00. The molecule has 0 unspecified atom stereocenters. The number of aryl methyl sites for hydroxylation is 2. The van der Waals surface area contributed by atoms with E-state index in [1.54, 1.807) is 37.4 Å². The second-order valence-corrected chi connectivity index (χ2v) is 7.46. The van der Waals surface area contributed by atoms with E-state index in [2.05, 4.69) is 16.0 Å². The van der Waals surface area contributed by atoms with Crippen LogP contribution in [0, 0.1) is 13.8 Å². The lowest BCUT2D eigenvalue weighted by molar-refractivity contribution is -0.116. The van der Waals surface area contributed by atoms with Crippen molar-refractivity contribution >= 4 is 29.2 Å². The molecular formula is C24H26N4O4. The molecule has 0 aliphatic rings. The molecule has 0 radical (unpaired) electrons. The molecule has 8 nitrogen and oxygen atoms in total. The molecule has 1 heterocycles. The van der Waals surface area contributed by atoms with Crippen LogP contribution >= 0.6 is 0 Å². The van der Waals surface area contributed by atoms with Gasteiger partial charge in [-0.05, 0) is 54.8 Å². The van der Waals surface area contributed by atoms with Crippen LogP contribution in [0.5, 0.6) is 0 Å². The molecule has 8 heteroatoms. The Morgan fingerprint density at radius 2 is 1.66 bits per heavy atom. The molecule has 1 aromatic heterocycles. The molecule has 0 aliphatic carbocycles. The van der Waals surface area contributed by atoms with Gasteiger partial charge in [-0.1, -0.05) is 30.3 Å². The third kappa shape index (κ3) is 5.98. The van der Waals surface area contributed by atoms with E-state index in [1.807, 2.05) is 38.1 Å². The van der Waals surface area contributed by atoms with E-state index in [0.29, 0.717) is 5.69 Å². The Morgan fingerprint density at radius 3 is 2.34 bits per heavy atom. The van der Waals surface area contributed by atoms with Crippen LogP contribution in [0.4, 0.5) is 16.2 Å². The van der Waals surface area contributed by atoms with Crippen LogP contribution < -0.4 is 16.0 Å². The summed E-state index contributed by atoms with van der Waals surface area (Å²) < 4.78 is 5.08. The highest BCUT2D eigenvalue weighted by atomic mass is 16.3. The quantitative estimate of drug-likeness (QED) is 0.524. The van der Waals surface area contributed by atoms with E-state index < -0.39 is 0 Å². The molecular weight excluding hydrogens is 408 g/mol. The van der Waals surface area contributed by atoms with Crippen molar-refractivity contribution in [1.82, 2.24) is 10.2 Å². The summed E-state index contributed by atoms with van der Waals surface area (Å²) in [7, 11) is 1.56. The molecule has 0 bridgehead atoms. The summed E-state index contributed by atoms with van der Waals surface area (Å²) in [4.78, 5) is 38.2. The van der Waals surface area contributed by atoms with Gasteiger partial charge in [0.2, 0.25) is 5.91 Å². The molecule has 3 N–H and O–H groups in total. The number of hydrogen-bond donors (Lipinski definition) is 3. The topological polar surface area (TPSA) is 104 Å². The smallest absolute Gasteiger partial charge is 0.317 e. The minimum Gasteiger partial charge on any atom is -0.459 e. The van der Waals surface area contributed by atoms with Gasteiger partial charge in [-0.3, -0.25) is 9.59 Å². The lowest BCUT2D eigenvalue weighted by Gasteiger charge is -2.19. The molecule has 4 amide bonds. The zero-order chi connectivity index (χ0) is 23.1. The lowest BCUT2D eigenvalue weighted by Crippen LogP contribution is -2.41. The predicted octanol–water partition coefficient (Wildman–Crippen LogP) is 3.93. The molecule has 32 heavy (non-hydrogen) atoms. The summed E-state index contributed by atoms with van der Waals surface area (Å²) in [6, 6.07) is 15.7. The fourth-order valence-corrected chi connectivity index (χ4v) is 3.15. The van der Waals surface area contributed by atoms with Gasteiger partial charge in [0.05, 0.1) is 6.26 Å². The van der Waals surface area contributed by atoms with Crippen molar-refractivity contribution in [2.75, 3.05) is 24.2 Å². The molecule has 0 saturated carbocycles. The van der Waals surface area contributed by atoms with Gasteiger partial charge >= 0.3 is 6.03 Å². The number of urea groups is 1. The van der Waals surface area contributed by atoms with Crippen molar-refractivity contribution in [2.24, 2.45) is 0 Å². The maximum absolute atomic E-state index is 12.4. The van der Waals surface area contributed by atoms with Crippen LogP contribution in [-0.4, -0.2) is 36.3 Å². The third-order valence-electron chi connectivity index (χ3n) is 4.85. The van der Waals surface area contributed by atoms with Gasteiger partial charge in [0.25, 0.3) is 5.91 Å². The highest BCUT2D eigenvalue weighted by Gasteiger charge is 2.14. The van der Waals surface area contributed by atoms with Gasteiger partial charge in [-0.25, -0.2) is 4.79 Å². The van der Waals surface area contributed by atoms with Gasteiger partial charge in [-0.15, -0.1) is 0 Å². The van der Waals surface area contributed by atoms with Crippen molar-refractivity contribution < 1.29 is 18.8 Å². The number of para-hydroxylation sites is 1. The van der Waals surface area contributed by atoms with Crippen LogP contribution in [0.2, 0.25) is 0 Å². The largest absolute Gasteiger partial charge is 0.459 e. The standard InChI is InChI=1S/C24H26N4O4/c1-16-7-4-8-17(2)22(16)27-21(29)15-28(3)24(31)25-14-18-9-5-10-19(13-18)26-23(30)20-11-6-12-32-20/h4-13H,14-15H2,1-3H3,(H,25,31)(H,26,30)(H,27,29). The first-order chi connectivity index (χ1) is 15.3. The van der Waals surface area contributed by atoms with Crippen LogP contribution in [-0.2, 0) is 11.3 Å². The van der Waals surface area contributed by atoms with E-state index in [9.17, 15) is 14.4 Å². The number of nitrogens with one attached hydrogen (secondary N) is 3. The first-order valence-corrected chi connectivity index (χ1v) is 10.1. The highest BCUT2D eigenvalue weighted by Crippen LogP contribution is 2.19. The summed E-state index contributed by atoms with van der Waals surface area (Å²) in [5.74, 6) is -0.419. The van der Waals surface area contributed by atoms with Crippen molar-refractivity contribution in [3.05, 3.63) is 83.3 Å². The molecule has 0 fully saturated rings. The van der Waals surface area contributed by atoms with Crippen LogP contribution in [0.15, 0.2) is 65.3 Å². The zero-order valence-corrected chi connectivity index (χ0v) is 18.3. The SMILES string of the molecule is Cc1cccc(C)c1NC(=O)CN(C)C(=O)NCc1cccc(NC(=O)c2ccco2)c1. The number of likely N-dealkylation sites (N-methyl/N-ethyl adjacent to an activating group) is 1. The third-order valence-corrected chi connectivity index (χ3v) is 4.85. The Hall–Kier alpha value is -4.07. The predicted molar refractivity (Wildman–Crippen MR) is 123 cm³/mol. The molecule has 166 valence electrons.